The quantitative estimate of drug-likeness (QED) is 0.420. The van der Waals surface area contributed by atoms with Gasteiger partial charge in [-0.15, -0.1) is 0 Å². The molecule has 0 aromatic heterocycles. The average molecular weight is 145 g/mol. The fourth-order valence-electron chi connectivity index (χ4n) is 0.499. The lowest BCUT2D eigenvalue weighted by molar-refractivity contribution is 0.422. The van der Waals surface area contributed by atoms with E-state index in [1.807, 2.05) is 0 Å². The Morgan fingerprint density at radius 1 is 1.40 bits per heavy atom. The Morgan fingerprint density at radius 3 is 2.60 bits per heavy atom. The summed E-state index contributed by atoms with van der Waals surface area (Å²) in [5, 5.41) is 0. The Hall–Kier alpha value is -0.660. The van der Waals surface area contributed by atoms with Crippen molar-refractivity contribution in [2.45, 2.75) is 19.3 Å². The molecule has 0 aliphatic rings. The van der Waals surface area contributed by atoms with Gasteiger partial charge in [-0.25, -0.2) is 0 Å². The predicted molar refractivity (Wildman–Crippen MR) is 38.6 cm³/mol. The first-order chi connectivity index (χ1) is 4.77. The first-order valence-electron chi connectivity index (χ1n) is 3.24. The van der Waals surface area contributed by atoms with Crippen LogP contribution in [0.2, 0.25) is 0 Å². The maximum atomic E-state index is 11.3. The normalized spacial score (nSPS) is 10.3. The van der Waals surface area contributed by atoms with Gasteiger partial charge in [0.15, 0.2) is 0 Å². The molecule has 0 amide bonds. The van der Waals surface area contributed by atoms with Crippen LogP contribution in [0.15, 0.2) is 24.3 Å². The molecule has 0 fully saturated rings. The Bertz CT molecular complexity index is 121. The van der Waals surface area contributed by atoms with Crippen LogP contribution in [0.4, 0.5) is 8.78 Å². The molecule has 0 aromatic carbocycles. The van der Waals surface area contributed by atoms with Crippen molar-refractivity contribution in [3.8, 4) is 0 Å². The number of allylic oxidation sites excluding steroid dienone is 3. The molecule has 0 atom stereocenters. The molecular formula is C8H11F2. The molecule has 0 nitrogen and oxygen atoms in total. The summed E-state index contributed by atoms with van der Waals surface area (Å²) in [4.78, 5) is 0. The number of unbranched alkanes of at least 4 members (excludes halogenated alkanes) is 2. The van der Waals surface area contributed by atoms with E-state index < -0.39 is 6.08 Å². The summed E-state index contributed by atoms with van der Waals surface area (Å²) in [5.74, 6) is 0. The average Bonchev–Trinajstić information content (AvgIpc) is 1.87. The van der Waals surface area contributed by atoms with Crippen LogP contribution in [0, 0.1) is 6.92 Å². The minimum atomic E-state index is -1.65. The molecule has 0 unspecified atom stereocenters. The largest absolute Gasteiger partial charge is 0.270 e. The molecule has 0 saturated carbocycles. The Labute approximate surface area is 60.2 Å². The lowest BCUT2D eigenvalue weighted by atomic mass is 10.2. The number of rotatable bonds is 4. The van der Waals surface area contributed by atoms with Crippen molar-refractivity contribution in [1.82, 2.24) is 0 Å². The van der Waals surface area contributed by atoms with E-state index in [0.29, 0.717) is 0 Å². The molecule has 2 heteroatoms. The van der Waals surface area contributed by atoms with Gasteiger partial charge in [0.25, 0.3) is 6.08 Å². The van der Waals surface area contributed by atoms with E-state index in [-0.39, 0.29) is 0 Å². The molecule has 0 aromatic rings. The summed E-state index contributed by atoms with van der Waals surface area (Å²) in [6, 6.07) is 0. The minimum Gasteiger partial charge on any atom is -0.173 e. The Kier molecular flexibility index (Phi) is 6.03. The third-order valence-electron chi connectivity index (χ3n) is 0.979. The van der Waals surface area contributed by atoms with E-state index >= 15 is 0 Å². The monoisotopic (exact) mass is 145 g/mol. The van der Waals surface area contributed by atoms with Crippen LogP contribution in [-0.4, -0.2) is 0 Å². The zero-order chi connectivity index (χ0) is 7.82. The smallest absolute Gasteiger partial charge is 0.173 e. The molecule has 0 saturated heterocycles. The summed E-state index contributed by atoms with van der Waals surface area (Å²) < 4.78 is 22.7. The van der Waals surface area contributed by atoms with Crippen molar-refractivity contribution in [3.63, 3.8) is 0 Å². The molecule has 0 spiro atoms. The molecule has 0 aliphatic carbocycles. The van der Waals surface area contributed by atoms with Gasteiger partial charge in [0, 0.05) is 6.08 Å². The molecule has 1 radical (unpaired) electrons. The lowest BCUT2D eigenvalue weighted by Crippen LogP contribution is -1.65. The van der Waals surface area contributed by atoms with Crippen molar-refractivity contribution in [2.24, 2.45) is 0 Å². The maximum Gasteiger partial charge on any atom is 0.270 e. The summed E-state index contributed by atoms with van der Waals surface area (Å²) in [7, 11) is 0. The van der Waals surface area contributed by atoms with E-state index in [2.05, 4.69) is 6.92 Å². The van der Waals surface area contributed by atoms with Gasteiger partial charge in [-0.05, 0) is 12.8 Å². The second-order valence-corrected chi connectivity index (χ2v) is 1.88. The van der Waals surface area contributed by atoms with Crippen molar-refractivity contribution in [3.05, 3.63) is 31.2 Å². The van der Waals surface area contributed by atoms with Crippen molar-refractivity contribution >= 4 is 0 Å². The highest BCUT2D eigenvalue weighted by molar-refractivity contribution is 5.02. The third-order valence-corrected chi connectivity index (χ3v) is 0.979. The summed E-state index contributed by atoms with van der Waals surface area (Å²) >= 11 is 0. The summed E-state index contributed by atoms with van der Waals surface area (Å²) in [6.45, 7) is 3.62. The van der Waals surface area contributed by atoms with Gasteiger partial charge in [0.2, 0.25) is 0 Å². The highest BCUT2D eigenvalue weighted by Gasteiger charge is 1.80. The van der Waals surface area contributed by atoms with Gasteiger partial charge in [-0.2, -0.15) is 8.78 Å². The SMILES string of the molecule is [CH2]CCCC=CC=C(F)F. The highest BCUT2D eigenvalue weighted by Crippen LogP contribution is 1.98. The van der Waals surface area contributed by atoms with E-state index in [1.165, 1.54) is 6.08 Å². The molecule has 0 N–H and O–H groups in total. The summed E-state index contributed by atoms with van der Waals surface area (Å²) in [5.41, 5.74) is 0. The minimum absolute atomic E-state index is 0.795. The highest BCUT2D eigenvalue weighted by atomic mass is 19.3. The fourth-order valence-corrected chi connectivity index (χ4v) is 0.499. The molecule has 0 bridgehead atoms. The number of hydrogen-bond donors (Lipinski definition) is 0. The Balaban J connectivity index is 3.29. The van der Waals surface area contributed by atoms with Gasteiger partial charge < -0.3 is 0 Å². The van der Waals surface area contributed by atoms with Crippen LogP contribution in [0.25, 0.3) is 0 Å². The molecule has 0 aliphatic heterocycles. The van der Waals surface area contributed by atoms with Gasteiger partial charge in [0.1, 0.15) is 0 Å². The zero-order valence-corrected chi connectivity index (χ0v) is 5.82. The van der Waals surface area contributed by atoms with Crippen molar-refractivity contribution in [2.75, 3.05) is 0 Å². The molecular weight excluding hydrogens is 134 g/mol. The van der Waals surface area contributed by atoms with Gasteiger partial charge in [0.05, 0.1) is 0 Å². The zero-order valence-electron chi connectivity index (χ0n) is 5.82. The van der Waals surface area contributed by atoms with Crippen molar-refractivity contribution in [1.29, 1.82) is 0 Å². The molecule has 0 rings (SSSR count). The van der Waals surface area contributed by atoms with E-state index in [4.69, 9.17) is 0 Å². The molecule has 10 heavy (non-hydrogen) atoms. The predicted octanol–water partition coefficient (Wildman–Crippen LogP) is 3.33. The van der Waals surface area contributed by atoms with E-state index in [0.717, 1.165) is 25.3 Å². The second kappa shape index (κ2) is 6.46. The van der Waals surface area contributed by atoms with Crippen molar-refractivity contribution < 1.29 is 8.78 Å². The third kappa shape index (κ3) is 7.34. The molecule has 57 valence electrons. The Morgan fingerprint density at radius 2 is 2.10 bits per heavy atom. The van der Waals surface area contributed by atoms with E-state index in [1.54, 1.807) is 6.08 Å². The number of halogens is 2. The lowest BCUT2D eigenvalue weighted by Gasteiger charge is -1.84. The maximum absolute atomic E-state index is 11.3. The van der Waals surface area contributed by atoms with Crippen LogP contribution < -0.4 is 0 Å². The first-order valence-corrected chi connectivity index (χ1v) is 3.24. The van der Waals surface area contributed by atoms with Gasteiger partial charge >= 0.3 is 0 Å². The van der Waals surface area contributed by atoms with Crippen LogP contribution in [0.5, 0.6) is 0 Å². The van der Waals surface area contributed by atoms with Crippen LogP contribution in [-0.2, 0) is 0 Å². The van der Waals surface area contributed by atoms with E-state index in [9.17, 15) is 8.78 Å². The van der Waals surface area contributed by atoms with Crippen LogP contribution in [0.1, 0.15) is 19.3 Å². The second-order valence-electron chi connectivity index (χ2n) is 1.88. The summed E-state index contributed by atoms with van der Waals surface area (Å²) in [6.07, 6.45) is 4.86. The fraction of sp³-hybridized carbons (Fsp3) is 0.375. The van der Waals surface area contributed by atoms with Crippen LogP contribution >= 0.6 is 0 Å². The number of hydrogen-bond acceptors (Lipinski definition) is 0. The topological polar surface area (TPSA) is 0 Å². The van der Waals surface area contributed by atoms with Crippen LogP contribution in [0.3, 0.4) is 0 Å². The first kappa shape index (κ1) is 9.34. The van der Waals surface area contributed by atoms with Gasteiger partial charge in [-0.3, -0.25) is 0 Å². The molecule has 0 heterocycles. The van der Waals surface area contributed by atoms with Gasteiger partial charge in [-0.1, -0.05) is 25.5 Å². The standard InChI is InChI=1S/C8H11F2/c1-2-3-4-5-6-7-8(9)10/h5-7H,1-4H2.